The zero-order chi connectivity index (χ0) is 14.4. The van der Waals surface area contributed by atoms with Crippen LogP contribution in [0.25, 0.3) is 0 Å². The summed E-state index contributed by atoms with van der Waals surface area (Å²) in [5.74, 6) is 0.435. The molecule has 2 atom stereocenters. The fraction of sp³-hybridized carbons (Fsp3) is 0.538. The summed E-state index contributed by atoms with van der Waals surface area (Å²) in [6.07, 6.45) is 1.42. The van der Waals surface area contributed by atoms with Crippen LogP contribution in [0, 0.1) is 0 Å². The first kappa shape index (κ1) is 14.7. The minimum Gasteiger partial charge on any atom is -0.394 e. The van der Waals surface area contributed by atoms with Crippen molar-refractivity contribution < 1.29 is 14.6 Å². The molecule has 1 saturated heterocycles. The van der Waals surface area contributed by atoms with Gasteiger partial charge in [-0.1, -0.05) is 6.07 Å². The Morgan fingerprint density at radius 1 is 1.60 bits per heavy atom. The number of rotatable bonds is 5. The highest BCUT2D eigenvalue weighted by Crippen LogP contribution is 2.10. The maximum atomic E-state index is 11.9. The highest BCUT2D eigenvalue weighted by atomic mass is 16.5. The molecule has 0 bridgehead atoms. The van der Waals surface area contributed by atoms with E-state index in [9.17, 15) is 4.79 Å². The average molecular weight is 280 g/mol. The number of morpholine rings is 1. The quantitative estimate of drug-likeness (QED) is 0.637. The predicted octanol–water partition coefficient (Wildman–Crippen LogP) is -0.394. The number of aromatic nitrogens is 1. The Morgan fingerprint density at radius 3 is 3.15 bits per heavy atom. The Hall–Kier alpha value is -1.70. The number of amides is 1. The number of aliphatic hydroxyl groups is 1. The van der Waals surface area contributed by atoms with E-state index in [0.29, 0.717) is 19.0 Å². The number of hydrogen-bond donors (Lipinski definition) is 3. The SMILES string of the molecule is CC1COC(CO)CN1CC(=O)NNc1ccccn1. The number of carbonyl (C=O) groups excluding carboxylic acids is 1. The molecule has 1 aliphatic rings. The van der Waals surface area contributed by atoms with Gasteiger partial charge in [0.1, 0.15) is 5.82 Å². The normalized spacial score (nSPS) is 23.3. The topological polar surface area (TPSA) is 86.7 Å². The molecule has 0 aromatic carbocycles. The second-order valence-corrected chi connectivity index (χ2v) is 4.80. The number of aliphatic hydroxyl groups excluding tert-OH is 1. The molecular formula is C13H20N4O3. The van der Waals surface area contributed by atoms with Gasteiger partial charge in [0.25, 0.3) is 5.91 Å². The van der Waals surface area contributed by atoms with Gasteiger partial charge >= 0.3 is 0 Å². The maximum absolute atomic E-state index is 11.9. The van der Waals surface area contributed by atoms with Crippen LogP contribution in [0.5, 0.6) is 0 Å². The number of hydrazine groups is 1. The van der Waals surface area contributed by atoms with E-state index in [1.807, 2.05) is 17.9 Å². The lowest BCUT2D eigenvalue weighted by Gasteiger charge is -2.36. The Morgan fingerprint density at radius 2 is 2.45 bits per heavy atom. The minimum atomic E-state index is -0.220. The largest absolute Gasteiger partial charge is 0.394 e. The molecule has 1 aromatic heterocycles. The van der Waals surface area contributed by atoms with E-state index in [4.69, 9.17) is 9.84 Å². The first-order valence-electron chi connectivity index (χ1n) is 6.61. The van der Waals surface area contributed by atoms with Gasteiger partial charge in [0, 0.05) is 18.8 Å². The van der Waals surface area contributed by atoms with Crippen molar-refractivity contribution in [3.05, 3.63) is 24.4 Å². The van der Waals surface area contributed by atoms with Crippen molar-refractivity contribution in [3.63, 3.8) is 0 Å². The minimum absolute atomic E-state index is 0.0307. The molecule has 0 spiro atoms. The maximum Gasteiger partial charge on any atom is 0.252 e. The molecule has 0 saturated carbocycles. The lowest BCUT2D eigenvalue weighted by Crippen LogP contribution is -2.53. The van der Waals surface area contributed by atoms with E-state index in [1.54, 1.807) is 18.3 Å². The fourth-order valence-corrected chi connectivity index (χ4v) is 2.00. The number of ether oxygens (including phenoxy) is 1. The second-order valence-electron chi connectivity index (χ2n) is 4.80. The van der Waals surface area contributed by atoms with Gasteiger partial charge in [0.2, 0.25) is 0 Å². The monoisotopic (exact) mass is 280 g/mol. The van der Waals surface area contributed by atoms with E-state index in [1.165, 1.54) is 0 Å². The Labute approximate surface area is 117 Å². The first-order valence-corrected chi connectivity index (χ1v) is 6.61. The number of carbonyl (C=O) groups is 1. The molecule has 1 aliphatic heterocycles. The molecule has 2 unspecified atom stereocenters. The van der Waals surface area contributed by atoms with Crippen LogP contribution in [-0.4, -0.2) is 59.3 Å². The third kappa shape index (κ3) is 4.16. The summed E-state index contributed by atoms with van der Waals surface area (Å²) in [7, 11) is 0. The standard InChI is InChI=1S/C13H20N4O3/c1-10-9-20-11(8-18)6-17(10)7-13(19)16-15-12-4-2-3-5-14-12/h2-5,10-11,18H,6-9H2,1H3,(H,14,15)(H,16,19). The summed E-state index contributed by atoms with van der Waals surface area (Å²) in [5, 5.41) is 9.11. The molecule has 20 heavy (non-hydrogen) atoms. The van der Waals surface area contributed by atoms with Gasteiger partial charge in [0.15, 0.2) is 0 Å². The lowest BCUT2D eigenvalue weighted by molar-refractivity contribution is -0.127. The summed E-state index contributed by atoms with van der Waals surface area (Å²) >= 11 is 0. The van der Waals surface area contributed by atoms with Crippen LogP contribution in [0.1, 0.15) is 6.92 Å². The van der Waals surface area contributed by atoms with Crippen LogP contribution in [0.3, 0.4) is 0 Å². The molecular weight excluding hydrogens is 260 g/mol. The number of nitrogens with zero attached hydrogens (tertiary/aromatic N) is 2. The van der Waals surface area contributed by atoms with Crippen LogP contribution in [0.4, 0.5) is 5.82 Å². The molecule has 110 valence electrons. The molecule has 1 aromatic rings. The highest BCUT2D eigenvalue weighted by Gasteiger charge is 2.26. The number of nitrogens with one attached hydrogen (secondary N) is 2. The van der Waals surface area contributed by atoms with Gasteiger partial charge in [-0.15, -0.1) is 0 Å². The number of hydrogen-bond acceptors (Lipinski definition) is 6. The van der Waals surface area contributed by atoms with Crippen LogP contribution >= 0.6 is 0 Å². The van der Waals surface area contributed by atoms with E-state index < -0.39 is 0 Å². The average Bonchev–Trinajstić information content (AvgIpc) is 2.48. The second kappa shape index (κ2) is 7.18. The van der Waals surface area contributed by atoms with Crippen molar-refractivity contribution in [3.8, 4) is 0 Å². The van der Waals surface area contributed by atoms with Crippen LogP contribution in [0.2, 0.25) is 0 Å². The Bertz CT molecular complexity index is 429. The number of pyridine rings is 1. The lowest BCUT2D eigenvalue weighted by atomic mass is 10.2. The van der Waals surface area contributed by atoms with Crippen molar-refractivity contribution in [1.82, 2.24) is 15.3 Å². The van der Waals surface area contributed by atoms with E-state index in [0.717, 1.165) is 0 Å². The third-order valence-electron chi connectivity index (χ3n) is 3.18. The van der Waals surface area contributed by atoms with Crippen molar-refractivity contribution in [2.24, 2.45) is 0 Å². The summed E-state index contributed by atoms with van der Waals surface area (Å²) < 4.78 is 5.43. The zero-order valence-corrected chi connectivity index (χ0v) is 11.5. The highest BCUT2D eigenvalue weighted by molar-refractivity contribution is 5.79. The van der Waals surface area contributed by atoms with Crippen LogP contribution < -0.4 is 10.9 Å². The smallest absolute Gasteiger partial charge is 0.252 e. The number of anilines is 1. The van der Waals surface area contributed by atoms with Crippen molar-refractivity contribution in [1.29, 1.82) is 0 Å². The molecule has 7 nitrogen and oxygen atoms in total. The van der Waals surface area contributed by atoms with Crippen molar-refractivity contribution in [2.75, 3.05) is 31.7 Å². The summed E-state index contributed by atoms with van der Waals surface area (Å²) in [6.45, 7) is 3.28. The van der Waals surface area contributed by atoms with E-state index >= 15 is 0 Å². The van der Waals surface area contributed by atoms with Gasteiger partial charge in [0.05, 0.1) is 25.9 Å². The van der Waals surface area contributed by atoms with Crippen LogP contribution in [-0.2, 0) is 9.53 Å². The zero-order valence-electron chi connectivity index (χ0n) is 11.5. The molecule has 0 radical (unpaired) electrons. The first-order chi connectivity index (χ1) is 9.69. The van der Waals surface area contributed by atoms with Crippen molar-refractivity contribution in [2.45, 2.75) is 19.1 Å². The molecule has 3 N–H and O–H groups in total. The summed E-state index contributed by atoms with van der Waals surface area (Å²) in [4.78, 5) is 17.9. The Balaban J connectivity index is 1.78. The van der Waals surface area contributed by atoms with Gasteiger partial charge in [-0.3, -0.25) is 20.5 Å². The molecule has 2 rings (SSSR count). The molecule has 1 fully saturated rings. The van der Waals surface area contributed by atoms with Gasteiger partial charge < -0.3 is 9.84 Å². The van der Waals surface area contributed by atoms with Gasteiger partial charge in [-0.05, 0) is 19.1 Å². The summed E-state index contributed by atoms with van der Waals surface area (Å²) in [5.41, 5.74) is 5.36. The van der Waals surface area contributed by atoms with E-state index in [2.05, 4.69) is 15.8 Å². The predicted molar refractivity (Wildman–Crippen MR) is 73.9 cm³/mol. The fourth-order valence-electron chi connectivity index (χ4n) is 2.00. The van der Waals surface area contributed by atoms with E-state index in [-0.39, 0.29) is 31.2 Å². The Kier molecular flexibility index (Phi) is 5.28. The molecule has 2 heterocycles. The molecule has 7 heteroatoms. The molecule has 1 amide bonds. The summed E-state index contributed by atoms with van der Waals surface area (Å²) in [6, 6.07) is 5.55. The third-order valence-corrected chi connectivity index (χ3v) is 3.18. The molecule has 0 aliphatic carbocycles. The van der Waals surface area contributed by atoms with Crippen LogP contribution in [0.15, 0.2) is 24.4 Å². The van der Waals surface area contributed by atoms with Gasteiger partial charge in [-0.25, -0.2) is 4.98 Å². The van der Waals surface area contributed by atoms with Gasteiger partial charge in [-0.2, -0.15) is 0 Å². The van der Waals surface area contributed by atoms with Crippen molar-refractivity contribution >= 4 is 11.7 Å².